The number of carbonyl (C=O) groups is 1. The van der Waals surface area contributed by atoms with Crippen molar-refractivity contribution in [1.29, 1.82) is 0 Å². The number of nitrogens with zero attached hydrogens (tertiary/aromatic N) is 2. The zero-order chi connectivity index (χ0) is 11.7. The summed E-state index contributed by atoms with van der Waals surface area (Å²) in [7, 11) is 0. The molecule has 0 fully saturated rings. The van der Waals surface area contributed by atoms with Gasteiger partial charge in [-0.05, 0) is 25.7 Å². The number of aryl methyl sites for hydroxylation is 1. The molecule has 88 valence electrons. The van der Waals surface area contributed by atoms with Gasteiger partial charge in [0.1, 0.15) is 5.82 Å². The molecule has 0 bridgehead atoms. The number of fused-ring (bicyclic) bond motifs is 1. The molecule has 5 nitrogen and oxygen atoms in total. The summed E-state index contributed by atoms with van der Waals surface area (Å²) in [6, 6.07) is 0. The molecule has 0 amide bonds. The Morgan fingerprint density at radius 2 is 2.44 bits per heavy atom. The van der Waals surface area contributed by atoms with Crippen LogP contribution < -0.4 is 5.73 Å². The third-order valence-electron chi connectivity index (χ3n) is 3.00. The van der Waals surface area contributed by atoms with E-state index in [-0.39, 0.29) is 11.9 Å². The van der Waals surface area contributed by atoms with Crippen molar-refractivity contribution in [2.75, 3.05) is 0 Å². The van der Waals surface area contributed by atoms with Crippen LogP contribution in [-0.2, 0) is 12.8 Å². The van der Waals surface area contributed by atoms with Gasteiger partial charge in [0, 0.05) is 6.42 Å². The maximum Gasteiger partial charge on any atom is 0.356 e. The number of carboxylic acid groups (broad SMARTS) is 1. The van der Waals surface area contributed by atoms with Gasteiger partial charge >= 0.3 is 5.97 Å². The molecule has 1 aromatic rings. The summed E-state index contributed by atoms with van der Waals surface area (Å²) in [6.07, 6.45) is 4.24. The standard InChI is InChI=1S/C11H17N3O2/c1-2-4-9-13-10(11(15)16)7-5-3-6-8(12)14(7)9/h8H,2-6,12H2,1H3,(H,15,16). The Labute approximate surface area is 94.3 Å². The van der Waals surface area contributed by atoms with Crippen molar-refractivity contribution in [3.63, 3.8) is 0 Å². The quantitative estimate of drug-likeness (QED) is 0.810. The van der Waals surface area contributed by atoms with Crippen molar-refractivity contribution >= 4 is 5.97 Å². The van der Waals surface area contributed by atoms with Gasteiger partial charge in [-0.25, -0.2) is 9.78 Å². The average molecular weight is 223 g/mol. The third-order valence-corrected chi connectivity index (χ3v) is 3.00. The van der Waals surface area contributed by atoms with Crippen molar-refractivity contribution < 1.29 is 9.90 Å². The topological polar surface area (TPSA) is 81.1 Å². The number of carboxylic acids is 1. The molecule has 2 rings (SSSR count). The molecule has 5 heteroatoms. The lowest BCUT2D eigenvalue weighted by Crippen LogP contribution is -2.27. The van der Waals surface area contributed by atoms with Crippen LogP contribution in [0.25, 0.3) is 0 Å². The lowest BCUT2D eigenvalue weighted by Gasteiger charge is -2.24. The summed E-state index contributed by atoms with van der Waals surface area (Å²) in [4.78, 5) is 15.3. The second-order valence-corrected chi connectivity index (χ2v) is 4.21. The first kappa shape index (κ1) is 11.1. The number of hydrogen-bond acceptors (Lipinski definition) is 3. The molecule has 1 atom stereocenters. The van der Waals surface area contributed by atoms with Crippen LogP contribution >= 0.6 is 0 Å². The number of imidazole rings is 1. The van der Waals surface area contributed by atoms with Gasteiger partial charge in [0.05, 0.1) is 11.9 Å². The fourth-order valence-electron chi connectivity index (χ4n) is 2.33. The summed E-state index contributed by atoms with van der Waals surface area (Å²) < 4.78 is 1.93. The molecular weight excluding hydrogens is 206 g/mol. The third kappa shape index (κ3) is 1.71. The van der Waals surface area contributed by atoms with E-state index in [9.17, 15) is 4.79 Å². The van der Waals surface area contributed by atoms with E-state index in [4.69, 9.17) is 10.8 Å². The molecule has 0 spiro atoms. The van der Waals surface area contributed by atoms with Gasteiger partial charge in [0.2, 0.25) is 0 Å². The molecule has 0 aliphatic carbocycles. The Morgan fingerprint density at radius 3 is 3.06 bits per heavy atom. The first-order valence-electron chi connectivity index (χ1n) is 5.74. The fourth-order valence-corrected chi connectivity index (χ4v) is 2.33. The number of hydrogen-bond donors (Lipinski definition) is 2. The van der Waals surface area contributed by atoms with Crippen LogP contribution in [0, 0.1) is 0 Å². The minimum absolute atomic E-state index is 0.106. The van der Waals surface area contributed by atoms with E-state index in [1.807, 2.05) is 4.57 Å². The zero-order valence-electron chi connectivity index (χ0n) is 9.44. The normalized spacial score (nSPS) is 19.5. The van der Waals surface area contributed by atoms with Crippen molar-refractivity contribution in [2.45, 2.75) is 45.2 Å². The Kier molecular flexibility index (Phi) is 2.96. The highest BCUT2D eigenvalue weighted by Crippen LogP contribution is 2.26. The summed E-state index contributed by atoms with van der Waals surface area (Å²) >= 11 is 0. The highest BCUT2D eigenvalue weighted by atomic mass is 16.4. The smallest absolute Gasteiger partial charge is 0.356 e. The molecule has 0 radical (unpaired) electrons. The van der Waals surface area contributed by atoms with Gasteiger partial charge in [0.25, 0.3) is 0 Å². The van der Waals surface area contributed by atoms with Gasteiger partial charge in [-0.3, -0.25) is 0 Å². The maximum absolute atomic E-state index is 11.1. The van der Waals surface area contributed by atoms with Crippen LogP contribution in [0.2, 0.25) is 0 Å². The van der Waals surface area contributed by atoms with E-state index < -0.39 is 5.97 Å². The summed E-state index contributed by atoms with van der Waals surface area (Å²) in [5, 5.41) is 9.09. The first-order chi connectivity index (χ1) is 7.65. The molecule has 0 aromatic carbocycles. The number of nitrogens with two attached hydrogens (primary N) is 1. The second kappa shape index (κ2) is 4.25. The molecule has 0 saturated carbocycles. The van der Waals surface area contributed by atoms with Crippen LogP contribution in [-0.4, -0.2) is 20.6 Å². The molecule has 1 aromatic heterocycles. The molecule has 2 heterocycles. The summed E-state index contributed by atoms with van der Waals surface area (Å²) in [5.41, 5.74) is 7.01. The first-order valence-corrected chi connectivity index (χ1v) is 5.74. The van der Waals surface area contributed by atoms with E-state index in [0.29, 0.717) is 0 Å². The Bertz CT molecular complexity index is 412. The Hall–Kier alpha value is -1.36. The molecule has 1 aliphatic rings. The van der Waals surface area contributed by atoms with Crippen molar-refractivity contribution in [1.82, 2.24) is 9.55 Å². The maximum atomic E-state index is 11.1. The number of aromatic carboxylic acids is 1. The van der Waals surface area contributed by atoms with E-state index in [0.717, 1.165) is 43.6 Å². The Morgan fingerprint density at radius 1 is 1.69 bits per heavy atom. The zero-order valence-corrected chi connectivity index (χ0v) is 9.44. The summed E-state index contributed by atoms with van der Waals surface area (Å²) in [5.74, 6) is -0.123. The van der Waals surface area contributed by atoms with E-state index in [2.05, 4.69) is 11.9 Å². The molecule has 3 N–H and O–H groups in total. The van der Waals surface area contributed by atoms with Gasteiger partial charge < -0.3 is 15.4 Å². The largest absolute Gasteiger partial charge is 0.476 e. The van der Waals surface area contributed by atoms with Crippen LogP contribution in [0.5, 0.6) is 0 Å². The Balaban J connectivity index is 2.51. The minimum atomic E-state index is -0.944. The van der Waals surface area contributed by atoms with Crippen molar-refractivity contribution in [3.05, 3.63) is 17.2 Å². The van der Waals surface area contributed by atoms with Crippen molar-refractivity contribution in [2.24, 2.45) is 5.73 Å². The van der Waals surface area contributed by atoms with E-state index in [1.54, 1.807) is 0 Å². The van der Waals surface area contributed by atoms with Crippen molar-refractivity contribution in [3.8, 4) is 0 Å². The van der Waals surface area contributed by atoms with Crippen LogP contribution in [0.4, 0.5) is 0 Å². The SMILES string of the molecule is CCCc1nc(C(=O)O)c2n1C(N)CCC2. The van der Waals surface area contributed by atoms with Crippen LogP contribution in [0.3, 0.4) is 0 Å². The molecule has 1 unspecified atom stereocenters. The van der Waals surface area contributed by atoms with E-state index in [1.165, 1.54) is 0 Å². The summed E-state index contributed by atoms with van der Waals surface area (Å²) in [6.45, 7) is 2.05. The molecule has 1 aliphatic heterocycles. The fraction of sp³-hybridized carbons (Fsp3) is 0.636. The monoisotopic (exact) mass is 223 g/mol. The lowest BCUT2D eigenvalue weighted by molar-refractivity contribution is 0.0689. The van der Waals surface area contributed by atoms with Gasteiger partial charge in [-0.1, -0.05) is 6.92 Å². The highest BCUT2D eigenvalue weighted by Gasteiger charge is 2.27. The van der Waals surface area contributed by atoms with Gasteiger partial charge in [0.15, 0.2) is 5.69 Å². The predicted molar refractivity (Wildman–Crippen MR) is 59.3 cm³/mol. The molecular formula is C11H17N3O2. The van der Waals surface area contributed by atoms with Gasteiger partial charge in [-0.2, -0.15) is 0 Å². The number of rotatable bonds is 3. The minimum Gasteiger partial charge on any atom is -0.476 e. The predicted octanol–water partition coefficient (Wildman–Crippen LogP) is 1.33. The molecule has 0 saturated heterocycles. The molecule has 16 heavy (non-hydrogen) atoms. The average Bonchev–Trinajstić information content (AvgIpc) is 2.59. The van der Waals surface area contributed by atoms with Gasteiger partial charge in [-0.15, -0.1) is 0 Å². The highest BCUT2D eigenvalue weighted by molar-refractivity contribution is 5.87. The number of aromatic nitrogens is 2. The van der Waals surface area contributed by atoms with Crippen LogP contribution in [0.1, 0.15) is 54.4 Å². The lowest BCUT2D eigenvalue weighted by atomic mass is 10.1. The van der Waals surface area contributed by atoms with E-state index >= 15 is 0 Å². The second-order valence-electron chi connectivity index (χ2n) is 4.21. The van der Waals surface area contributed by atoms with Crippen LogP contribution in [0.15, 0.2) is 0 Å².